The molecule has 1 N–H and O–H groups in total. The molecule has 90 valence electrons. The Balaban J connectivity index is 2.49. The summed E-state index contributed by atoms with van der Waals surface area (Å²) in [6.45, 7) is 2.19. The smallest absolute Gasteiger partial charge is 0.0722 e. The molecule has 2 aromatic rings. The lowest BCUT2D eigenvalue weighted by atomic mass is 10.1. The maximum atomic E-state index is 4.76. The number of halogens is 1. The topological polar surface area (TPSA) is 24.9 Å². The zero-order valence-corrected chi connectivity index (χ0v) is 11.8. The van der Waals surface area contributed by atoms with Crippen molar-refractivity contribution in [3.05, 3.63) is 40.5 Å². The highest BCUT2D eigenvalue weighted by atomic mass is 79.9. The predicted octanol–water partition coefficient (Wildman–Crippen LogP) is 4.06. The van der Waals surface area contributed by atoms with Gasteiger partial charge >= 0.3 is 0 Å². The van der Waals surface area contributed by atoms with E-state index in [9.17, 15) is 0 Å². The minimum Gasteiger partial charge on any atom is -0.312 e. The summed E-state index contributed by atoms with van der Waals surface area (Å²) in [6, 6.07) is 10.7. The molecule has 2 nitrogen and oxygen atoms in total. The zero-order valence-electron chi connectivity index (χ0n) is 10.2. The van der Waals surface area contributed by atoms with E-state index in [1.807, 2.05) is 19.2 Å². The van der Waals surface area contributed by atoms with Gasteiger partial charge in [-0.05, 0) is 41.5 Å². The van der Waals surface area contributed by atoms with Gasteiger partial charge in [0.15, 0.2) is 0 Å². The molecule has 0 aliphatic rings. The fourth-order valence-electron chi connectivity index (χ4n) is 2.06. The number of pyridine rings is 1. The number of rotatable bonds is 4. The summed E-state index contributed by atoms with van der Waals surface area (Å²) < 4.78 is 1.09. The number of aromatic nitrogens is 1. The van der Waals surface area contributed by atoms with Crippen LogP contribution in [0.25, 0.3) is 10.9 Å². The second-order valence-electron chi connectivity index (χ2n) is 4.18. The van der Waals surface area contributed by atoms with Gasteiger partial charge in [0.2, 0.25) is 0 Å². The van der Waals surface area contributed by atoms with E-state index in [1.165, 1.54) is 5.39 Å². The van der Waals surface area contributed by atoms with E-state index >= 15 is 0 Å². The van der Waals surface area contributed by atoms with E-state index in [0.717, 1.165) is 28.5 Å². The largest absolute Gasteiger partial charge is 0.312 e. The first-order valence-electron chi connectivity index (χ1n) is 5.98. The lowest BCUT2D eigenvalue weighted by molar-refractivity contribution is 0.528. The van der Waals surface area contributed by atoms with Crippen molar-refractivity contribution in [3.8, 4) is 0 Å². The second-order valence-corrected chi connectivity index (χ2v) is 5.03. The summed E-state index contributed by atoms with van der Waals surface area (Å²) in [6.07, 6.45) is 2.24. The molecule has 17 heavy (non-hydrogen) atoms. The van der Waals surface area contributed by atoms with Crippen LogP contribution in [-0.4, -0.2) is 12.0 Å². The molecule has 0 radical (unpaired) electrons. The SMILES string of the molecule is CCCC(NC)c1nc2ccccc2cc1Br. The Morgan fingerprint density at radius 2 is 2.12 bits per heavy atom. The standard InChI is InChI=1S/C14H17BrN2/c1-3-6-13(16-2)14-11(15)9-10-7-4-5-8-12(10)17-14/h4-5,7-9,13,16H,3,6H2,1-2H3. The van der Waals surface area contributed by atoms with Crippen LogP contribution in [0.15, 0.2) is 34.8 Å². The maximum absolute atomic E-state index is 4.76. The van der Waals surface area contributed by atoms with Gasteiger partial charge in [-0.3, -0.25) is 0 Å². The number of hydrogen-bond acceptors (Lipinski definition) is 2. The fourth-order valence-corrected chi connectivity index (χ4v) is 2.67. The molecule has 1 unspecified atom stereocenters. The molecule has 0 fully saturated rings. The highest BCUT2D eigenvalue weighted by Crippen LogP contribution is 2.27. The summed E-state index contributed by atoms with van der Waals surface area (Å²) in [5.41, 5.74) is 2.16. The van der Waals surface area contributed by atoms with Gasteiger partial charge in [-0.1, -0.05) is 31.5 Å². The van der Waals surface area contributed by atoms with Gasteiger partial charge in [-0.2, -0.15) is 0 Å². The highest BCUT2D eigenvalue weighted by molar-refractivity contribution is 9.10. The van der Waals surface area contributed by atoms with Gasteiger partial charge in [0.05, 0.1) is 17.3 Å². The van der Waals surface area contributed by atoms with Crippen molar-refractivity contribution in [3.63, 3.8) is 0 Å². The van der Waals surface area contributed by atoms with Crippen LogP contribution in [0.3, 0.4) is 0 Å². The Morgan fingerprint density at radius 1 is 1.35 bits per heavy atom. The zero-order chi connectivity index (χ0) is 12.3. The first kappa shape index (κ1) is 12.5. The molecule has 0 saturated heterocycles. The third-order valence-corrected chi connectivity index (χ3v) is 3.60. The molecule has 0 aliphatic heterocycles. The Morgan fingerprint density at radius 3 is 2.82 bits per heavy atom. The molecule has 0 saturated carbocycles. The van der Waals surface area contributed by atoms with Gasteiger partial charge in [0, 0.05) is 9.86 Å². The Kier molecular flexibility index (Phi) is 4.13. The summed E-state index contributed by atoms with van der Waals surface area (Å²) in [4.78, 5) is 4.76. The molecule has 0 bridgehead atoms. The van der Waals surface area contributed by atoms with Crippen molar-refractivity contribution in [1.29, 1.82) is 0 Å². The Hall–Kier alpha value is -0.930. The molecule has 1 aromatic heterocycles. The molecule has 1 atom stereocenters. The first-order valence-corrected chi connectivity index (χ1v) is 6.78. The predicted molar refractivity (Wildman–Crippen MR) is 76.2 cm³/mol. The van der Waals surface area contributed by atoms with E-state index < -0.39 is 0 Å². The third kappa shape index (κ3) is 2.67. The highest BCUT2D eigenvalue weighted by Gasteiger charge is 2.14. The van der Waals surface area contributed by atoms with Gasteiger partial charge in [-0.25, -0.2) is 4.98 Å². The van der Waals surface area contributed by atoms with Gasteiger partial charge in [-0.15, -0.1) is 0 Å². The van der Waals surface area contributed by atoms with Gasteiger partial charge in [0.25, 0.3) is 0 Å². The van der Waals surface area contributed by atoms with Crippen LogP contribution in [0.2, 0.25) is 0 Å². The number of hydrogen-bond donors (Lipinski definition) is 1. The average Bonchev–Trinajstić information content (AvgIpc) is 2.35. The van der Waals surface area contributed by atoms with E-state index in [2.05, 4.69) is 46.4 Å². The summed E-state index contributed by atoms with van der Waals surface area (Å²) in [5, 5.41) is 4.51. The van der Waals surface area contributed by atoms with Crippen LogP contribution >= 0.6 is 15.9 Å². The maximum Gasteiger partial charge on any atom is 0.0722 e. The van der Waals surface area contributed by atoms with Crippen molar-refractivity contribution < 1.29 is 0 Å². The molecule has 1 heterocycles. The molecular weight excluding hydrogens is 276 g/mol. The van der Waals surface area contributed by atoms with Crippen LogP contribution in [0.1, 0.15) is 31.5 Å². The van der Waals surface area contributed by atoms with Crippen molar-refractivity contribution in [2.75, 3.05) is 7.05 Å². The van der Waals surface area contributed by atoms with Crippen molar-refractivity contribution in [2.45, 2.75) is 25.8 Å². The number of benzene rings is 1. The van der Waals surface area contributed by atoms with Crippen LogP contribution < -0.4 is 5.32 Å². The van der Waals surface area contributed by atoms with E-state index in [0.29, 0.717) is 6.04 Å². The molecule has 3 heteroatoms. The van der Waals surface area contributed by atoms with Crippen LogP contribution in [-0.2, 0) is 0 Å². The Bertz CT molecular complexity index is 511. The number of nitrogens with one attached hydrogen (secondary N) is 1. The summed E-state index contributed by atoms with van der Waals surface area (Å²) >= 11 is 3.63. The van der Waals surface area contributed by atoms with Gasteiger partial charge in [0.1, 0.15) is 0 Å². The Labute approximate surface area is 111 Å². The lowest BCUT2D eigenvalue weighted by Crippen LogP contribution is -2.18. The van der Waals surface area contributed by atoms with Crippen molar-refractivity contribution in [1.82, 2.24) is 10.3 Å². The van der Waals surface area contributed by atoms with Crippen LogP contribution in [0.5, 0.6) is 0 Å². The average molecular weight is 293 g/mol. The molecule has 0 aliphatic carbocycles. The van der Waals surface area contributed by atoms with E-state index in [4.69, 9.17) is 4.98 Å². The third-order valence-electron chi connectivity index (χ3n) is 2.96. The molecule has 1 aromatic carbocycles. The first-order chi connectivity index (χ1) is 8.26. The van der Waals surface area contributed by atoms with E-state index in [1.54, 1.807) is 0 Å². The fraction of sp³-hybridized carbons (Fsp3) is 0.357. The number of nitrogens with zero attached hydrogens (tertiary/aromatic N) is 1. The molecule has 0 amide bonds. The van der Waals surface area contributed by atoms with Gasteiger partial charge < -0.3 is 5.32 Å². The number of fused-ring (bicyclic) bond motifs is 1. The minimum atomic E-state index is 0.319. The normalized spacial score (nSPS) is 12.9. The van der Waals surface area contributed by atoms with Crippen LogP contribution in [0.4, 0.5) is 0 Å². The van der Waals surface area contributed by atoms with Crippen LogP contribution in [0, 0.1) is 0 Å². The molecular formula is C14H17BrN2. The summed E-state index contributed by atoms with van der Waals surface area (Å²) in [7, 11) is 1.99. The minimum absolute atomic E-state index is 0.319. The lowest BCUT2D eigenvalue weighted by Gasteiger charge is -2.17. The monoisotopic (exact) mass is 292 g/mol. The van der Waals surface area contributed by atoms with Crippen molar-refractivity contribution in [2.24, 2.45) is 0 Å². The second kappa shape index (κ2) is 5.61. The summed E-state index contributed by atoms with van der Waals surface area (Å²) in [5.74, 6) is 0. The van der Waals surface area contributed by atoms with Crippen molar-refractivity contribution >= 4 is 26.8 Å². The molecule has 0 spiro atoms. The quantitative estimate of drug-likeness (QED) is 0.919. The molecule has 2 rings (SSSR count). The van der Waals surface area contributed by atoms with E-state index in [-0.39, 0.29) is 0 Å². The number of para-hydroxylation sites is 1.